The molecular formula is C21H26N6O4S. The topological polar surface area (TPSA) is 111 Å². The van der Waals surface area contributed by atoms with Crippen molar-refractivity contribution in [1.29, 1.82) is 0 Å². The maximum Gasteiger partial charge on any atom is 0.263 e. The molecule has 170 valence electrons. The van der Waals surface area contributed by atoms with E-state index in [1.807, 2.05) is 16.8 Å². The van der Waals surface area contributed by atoms with Crippen LogP contribution in [0.3, 0.4) is 0 Å². The summed E-state index contributed by atoms with van der Waals surface area (Å²) in [4.78, 5) is 39.8. The van der Waals surface area contributed by atoms with Crippen LogP contribution in [0.4, 0.5) is 5.13 Å². The van der Waals surface area contributed by atoms with E-state index in [-0.39, 0.29) is 24.8 Å². The van der Waals surface area contributed by atoms with E-state index < -0.39 is 0 Å². The third-order valence-electron chi connectivity index (χ3n) is 4.55. The minimum Gasteiger partial charge on any atom is -0.481 e. The summed E-state index contributed by atoms with van der Waals surface area (Å²) < 4.78 is 12.1. The molecule has 1 N–H and O–H groups in total. The van der Waals surface area contributed by atoms with Crippen LogP contribution in [0.25, 0.3) is 0 Å². The third kappa shape index (κ3) is 6.59. The first kappa shape index (κ1) is 23.4. The van der Waals surface area contributed by atoms with E-state index in [0.717, 1.165) is 18.5 Å². The van der Waals surface area contributed by atoms with Gasteiger partial charge in [-0.15, -0.1) is 0 Å². The molecule has 0 unspecified atom stereocenters. The zero-order valence-corrected chi connectivity index (χ0v) is 18.9. The molecule has 0 saturated heterocycles. The van der Waals surface area contributed by atoms with Gasteiger partial charge in [0.05, 0.1) is 39.2 Å². The van der Waals surface area contributed by atoms with Gasteiger partial charge in [0.25, 0.3) is 5.91 Å². The number of ether oxygens (including phenoxy) is 2. The second-order valence-corrected chi connectivity index (χ2v) is 7.86. The highest BCUT2D eigenvalue weighted by molar-refractivity contribution is 7.17. The van der Waals surface area contributed by atoms with Gasteiger partial charge in [0.1, 0.15) is 4.88 Å². The normalized spacial score (nSPS) is 10.7. The van der Waals surface area contributed by atoms with Gasteiger partial charge in [0, 0.05) is 44.9 Å². The number of nitrogens with one attached hydrogen (secondary N) is 1. The number of aromatic nitrogens is 4. The molecular weight excluding hydrogens is 432 g/mol. The number of hydrogen-bond donors (Lipinski definition) is 1. The number of imidazole rings is 1. The van der Waals surface area contributed by atoms with E-state index in [4.69, 9.17) is 9.47 Å². The van der Waals surface area contributed by atoms with Gasteiger partial charge in [0.15, 0.2) is 5.13 Å². The van der Waals surface area contributed by atoms with Gasteiger partial charge in [0.2, 0.25) is 11.8 Å². The number of thiazole rings is 1. The summed E-state index contributed by atoms with van der Waals surface area (Å²) in [6.07, 6.45) is 9.47. The first-order valence-corrected chi connectivity index (χ1v) is 10.9. The van der Waals surface area contributed by atoms with Crippen LogP contribution in [-0.2, 0) is 22.6 Å². The summed E-state index contributed by atoms with van der Waals surface area (Å²) >= 11 is 1.17. The zero-order chi connectivity index (χ0) is 22.8. The van der Waals surface area contributed by atoms with Crippen molar-refractivity contribution in [2.24, 2.45) is 0 Å². The van der Waals surface area contributed by atoms with Gasteiger partial charge in [-0.1, -0.05) is 17.4 Å². The first-order valence-electron chi connectivity index (χ1n) is 10.1. The lowest BCUT2D eigenvalue weighted by Crippen LogP contribution is -2.31. The van der Waals surface area contributed by atoms with Crippen LogP contribution in [0, 0.1) is 0 Å². The first-order chi connectivity index (χ1) is 15.6. The van der Waals surface area contributed by atoms with Crippen LogP contribution in [0.5, 0.6) is 5.88 Å². The highest BCUT2D eigenvalue weighted by Gasteiger charge is 2.21. The molecule has 3 aromatic heterocycles. The monoisotopic (exact) mass is 458 g/mol. The quantitative estimate of drug-likeness (QED) is 0.414. The molecule has 0 aliphatic heterocycles. The summed E-state index contributed by atoms with van der Waals surface area (Å²) in [5, 5.41) is 3.34. The van der Waals surface area contributed by atoms with E-state index in [1.54, 1.807) is 43.9 Å². The minimum atomic E-state index is -0.213. The van der Waals surface area contributed by atoms with Crippen LogP contribution in [0.2, 0.25) is 0 Å². The Bertz CT molecular complexity index is 990. The molecule has 10 nitrogen and oxygen atoms in total. The number of rotatable bonds is 12. The van der Waals surface area contributed by atoms with E-state index in [9.17, 15) is 9.59 Å². The van der Waals surface area contributed by atoms with Crippen molar-refractivity contribution in [3.8, 4) is 5.88 Å². The number of hydrogen-bond acceptors (Lipinski definition) is 8. The second kappa shape index (κ2) is 11.9. The van der Waals surface area contributed by atoms with Crippen molar-refractivity contribution in [3.05, 3.63) is 53.7 Å². The number of aryl methyl sites for hydroxylation is 1. The summed E-state index contributed by atoms with van der Waals surface area (Å²) in [5.74, 6) is 0.131. The number of carbonyl (C=O) groups is 2. The van der Waals surface area contributed by atoms with Crippen LogP contribution < -0.4 is 15.0 Å². The maximum absolute atomic E-state index is 12.8. The number of methoxy groups -OCH3 is 2. The van der Waals surface area contributed by atoms with Crippen molar-refractivity contribution in [1.82, 2.24) is 24.8 Å². The fourth-order valence-electron chi connectivity index (χ4n) is 2.86. The van der Waals surface area contributed by atoms with Gasteiger partial charge in [-0.25, -0.2) is 15.0 Å². The Morgan fingerprint density at radius 1 is 1.22 bits per heavy atom. The van der Waals surface area contributed by atoms with Crippen molar-refractivity contribution in [2.75, 3.05) is 32.3 Å². The Labute approximate surface area is 190 Å². The molecule has 3 rings (SSSR count). The number of pyridine rings is 1. The number of nitrogens with zero attached hydrogens (tertiary/aromatic N) is 5. The van der Waals surface area contributed by atoms with Crippen molar-refractivity contribution in [2.45, 2.75) is 25.9 Å². The van der Waals surface area contributed by atoms with Crippen LogP contribution in [0.15, 0.2) is 43.2 Å². The van der Waals surface area contributed by atoms with Gasteiger partial charge in [-0.3, -0.25) is 14.5 Å². The molecule has 0 fully saturated rings. The molecule has 32 heavy (non-hydrogen) atoms. The lowest BCUT2D eigenvalue weighted by Gasteiger charge is -2.20. The molecule has 3 heterocycles. The van der Waals surface area contributed by atoms with Gasteiger partial charge < -0.3 is 19.4 Å². The molecule has 3 aromatic rings. The maximum atomic E-state index is 12.8. The Morgan fingerprint density at radius 2 is 2.09 bits per heavy atom. The Hall–Kier alpha value is -3.31. The fourth-order valence-corrected chi connectivity index (χ4v) is 3.71. The van der Waals surface area contributed by atoms with Crippen molar-refractivity contribution >= 4 is 28.3 Å². The highest BCUT2D eigenvalue weighted by Crippen LogP contribution is 2.25. The summed E-state index contributed by atoms with van der Waals surface area (Å²) in [6.45, 7) is 1.87. The standard InChI is InChI=1S/C21H26N6O4S/c1-30-11-6-19(28)27(14-16-4-5-18(31-2)24-12-16)21-25-13-17(32-21)20(29)23-7-3-9-26-10-8-22-15-26/h4-5,8,10,12-13,15H,3,6-7,9,11,14H2,1-2H3,(H,23,29). The molecule has 0 aliphatic carbocycles. The molecule has 0 spiro atoms. The second-order valence-electron chi connectivity index (χ2n) is 6.85. The molecule has 2 amide bonds. The highest BCUT2D eigenvalue weighted by atomic mass is 32.1. The number of carbonyl (C=O) groups excluding carboxylic acids is 2. The summed E-state index contributed by atoms with van der Waals surface area (Å²) in [5.41, 5.74) is 0.817. The van der Waals surface area contributed by atoms with Crippen molar-refractivity contribution in [3.63, 3.8) is 0 Å². The van der Waals surface area contributed by atoms with Gasteiger partial charge >= 0.3 is 0 Å². The van der Waals surface area contributed by atoms with E-state index in [2.05, 4.69) is 20.3 Å². The average Bonchev–Trinajstić information content (AvgIpc) is 3.51. The van der Waals surface area contributed by atoms with Crippen LogP contribution >= 0.6 is 11.3 Å². The largest absolute Gasteiger partial charge is 0.481 e. The molecule has 0 aliphatic rings. The number of amides is 2. The van der Waals surface area contributed by atoms with Gasteiger partial charge in [-0.2, -0.15) is 0 Å². The molecule has 11 heteroatoms. The SMILES string of the molecule is COCCC(=O)N(Cc1ccc(OC)nc1)c1ncc(C(=O)NCCCn2ccnc2)s1. The predicted octanol–water partition coefficient (Wildman–Crippen LogP) is 2.13. The fraction of sp³-hybridized carbons (Fsp3) is 0.381. The molecule has 0 radical (unpaired) electrons. The third-order valence-corrected chi connectivity index (χ3v) is 5.57. The zero-order valence-electron chi connectivity index (χ0n) is 18.1. The van der Waals surface area contributed by atoms with E-state index in [1.165, 1.54) is 17.5 Å². The Balaban J connectivity index is 1.63. The Morgan fingerprint density at radius 3 is 2.78 bits per heavy atom. The summed E-state index contributed by atoms with van der Waals surface area (Å²) in [6, 6.07) is 3.57. The van der Waals surface area contributed by atoms with Crippen molar-refractivity contribution < 1.29 is 19.1 Å². The molecule has 0 bridgehead atoms. The molecule has 0 atom stereocenters. The van der Waals surface area contributed by atoms with Crippen LogP contribution in [0.1, 0.15) is 28.1 Å². The minimum absolute atomic E-state index is 0.149. The lowest BCUT2D eigenvalue weighted by atomic mass is 10.2. The van der Waals surface area contributed by atoms with Gasteiger partial charge in [-0.05, 0) is 12.0 Å². The molecule has 0 saturated carbocycles. The van der Waals surface area contributed by atoms with E-state index in [0.29, 0.717) is 29.0 Å². The smallest absolute Gasteiger partial charge is 0.263 e. The molecule has 0 aromatic carbocycles. The van der Waals surface area contributed by atoms with Crippen LogP contribution in [-0.4, -0.2) is 58.7 Å². The predicted molar refractivity (Wildman–Crippen MR) is 120 cm³/mol. The number of anilines is 1. The lowest BCUT2D eigenvalue weighted by molar-refractivity contribution is -0.119. The average molecular weight is 459 g/mol. The van der Waals surface area contributed by atoms with E-state index >= 15 is 0 Å². The Kier molecular flexibility index (Phi) is 8.70. The summed E-state index contributed by atoms with van der Waals surface area (Å²) in [7, 11) is 3.09.